The number of hydrogen-bond acceptors (Lipinski definition) is 2. The smallest absolute Gasteiger partial charge is 0.0548 e. The summed E-state index contributed by atoms with van der Waals surface area (Å²) in [5.41, 5.74) is 9.67. The molecule has 4 heteroatoms. The summed E-state index contributed by atoms with van der Waals surface area (Å²) in [5, 5.41) is 15.5. The maximum atomic E-state index is 2.48. The van der Waals surface area contributed by atoms with Crippen LogP contribution in [0.3, 0.4) is 0 Å². The lowest BCUT2D eigenvalue weighted by Crippen LogP contribution is -1.94. The molecule has 14 rings (SSSR count). The Morgan fingerprint density at radius 2 is 0.683 bits per heavy atom. The van der Waals surface area contributed by atoms with Crippen molar-refractivity contribution in [3.8, 4) is 22.5 Å². The van der Waals surface area contributed by atoms with Gasteiger partial charge in [-0.1, -0.05) is 109 Å². The minimum Gasteiger partial charge on any atom is -0.309 e. The lowest BCUT2D eigenvalue weighted by atomic mass is 9.98. The third-order valence-corrected chi connectivity index (χ3v) is 15.1. The van der Waals surface area contributed by atoms with Gasteiger partial charge in [-0.2, -0.15) is 0 Å². The fraction of sp³-hybridized carbons (Fsp3) is 0. The average molecular weight is 797 g/mol. The Balaban J connectivity index is 1.07. The SMILES string of the molecule is c1ccc2cc(-n3c4ccc(-c5ccc6c(c5)c5c7c(ccc5n6-c5ccc6ccccc6c5)sc5ccccc57)cc4c4c5c(ccc43)sc3ccccc35)ccc2c1. The van der Waals surface area contributed by atoms with Crippen molar-refractivity contribution in [2.45, 2.75) is 0 Å². The van der Waals surface area contributed by atoms with E-state index in [1.54, 1.807) is 0 Å². The Kier molecular flexibility index (Phi) is 6.62. The molecule has 0 radical (unpaired) electrons. The number of fused-ring (bicyclic) bond motifs is 16. The van der Waals surface area contributed by atoms with Gasteiger partial charge < -0.3 is 9.13 Å². The van der Waals surface area contributed by atoms with Crippen LogP contribution in [-0.4, -0.2) is 9.13 Å². The van der Waals surface area contributed by atoms with Gasteiger partial charge in [-0.25, -0.2) is 0 Å². The summed E-state index contributed by atoms with van der Waals surface area (Å²) in [6.07, 6.45) is 0. The first-order chi connectivity index (χ1) is 29.7. The quantitative estimate of drug-likeness (QED) is 0.169. The monoisotopic (exact) mass is 796 g/mol. The van der Waals surface area contributed by atoms with Crippen LogP contribution in [0.2, 0.25) is 0 Å². The Bertz CT molecular complexity index is 3870. The van der Waals surface area contributed by atoms with Crippen molar-refractivity contribution in [3.05, 3.63) is 194 Å². The third-order valence-electron chi connectivity index (χ3n) is 12.9. The molecule has 0 bridgehead atoms. The van der Waals surface area contributed by atoms with Gasteiger partial charge in [0, 0.05) is 73.3 Å². The highest BCUT2D eigenvalue weighted by Gasteiger charge is 2.21. The first kappa shape index (κ1) is 32.7. The first-order valence-electron chi connectivity index (χ1n) is 20.5. The summed E-state index contributed by atoms with van der Waals surface area (Å²) in [4.78, 5) is 0. The largest absolute Gasteiger partial charge is 0.309 e. The highest BCUT2D eigenvalue weighted by Crippen LogP contribution is 2.47. The highest BCUT2D eigenvalue weighted by atomic mass is 32.1. The van der Waals surface area contributed by atoms with E-state index in [9.17, 15) is 0 Å². The molecule has 14 aromatic rings. The van der Waals surface area contributed by atoms with Crippen molar-refractivity contribution in [1.82, 2.24) is 9.13 Å². The number of hydrogen-bond donors (Lipinski definition) is 0. The summed E-state index contributed by atoms with van der Waals surface area (Å²) in [6.45, 7) is 0. The molecule has 0 spiro atoms. The van der Waals surface area contributed by atoms with Gasteiger partial charge in [0.1, 0.15) is 0 Å². The van der Waals surface area contributed by atoms with Crippen molar-refractivity contribution in [2.75, 3.05) is 0 Å². The van der Waals surface area contributed by atoms with E-state index in [4.69, 9.17) is 0 Å². The normalized spacial score (nSPS) is 12.3. The van der Waals surface area contributed by atoms with Crippen molar-refractivity contribution in [3.63, 3.8) is 0 Å². The number of nitrogens with zero attached hydrogens (tertiary/aromatic N) is 2. The molecular weight excluding hydrogens is 765 g/mol. The number of rotatable bonds is 3. The van der Waals surface area contributed by atoms with Crippen molar-refractivity contribution >= 4 is 128 Å². The van der Waals surface area contributed by atoms with Crippen LogP contribution in [0.4, 0.5) is 0 Å². The zero-order valence-electron chi connectivity index (χ0n) is 32.2. The maximum absolute atomic E-state index is 2.48. The van der Waals surface area contributed by atoms with E-state index in [0.717, 1.165) is 0 Å². The molecule has 0 fully saturated rings. The highest BCUT2D eigenvalue weighted by molar-refractivity contribution is 7.26. The molecule has 0 N–H and O–H groups in total. The Hall–Kier alpha value is -7.24. The number of benzene rings is 10. The zero-order chi connectivity index (χ0) is 39.1. The van der Waals surface area contributed by atoms with Crippen LogP contribution >= 0.6 is 22.7 Å². The zero-order valence-corrected chi connectivity index (χ0v) is 33.8. The van der Waals surface area contributed by atoms with E-state index in [2.05, 4.69) is 203 Å². The molecule has 4 aromatic heterocycles. The lowest BCUT2D eigenvalue weighted by molar-refractivity contribution is 1.19. The Morgan fingerprint density at radius 3 is 1.17 bits per heavy atom. The van der Waals surface area contributed by atoms with Crippen LogP contribution in [0.25, 0.3) is 128 Å². The summed E-state index contributed by atoms with van der Waals surface area (Å²) in [7, 11) is 0. The molecule has 278 valence electrons. The van der Waals surface area contributed by atoms with Crippen molar-refractivity contribution in [1.29, 1.82) is 0 Å². The van der Waals surface area contributed by atoms with E-state index in [1.807, 2.05) is 22.7 Å². The van der Waals surface area contributed by atoms with Gasteiger partial charge in [-0.05, 0) is 118 Å². The van der Waals surface area contributed by atoms with E-state index in [1.165, 1.54) is 128 Å². The molecule has 0 amide bonds. The van der Waals surface area contributed by atoms with Gasteiger partial charge in [-0.3, -0.25) is 0 Å². The molecule has 2 nitrogen and oxygen atoms in total. The number of thiophene rings is 2. The van der Waals surface area contributed by atoms with E-state index < -0.39 is 0 Å². The topological polar surface area (TPSA) is 9.86 Å². The second kappa shape index (κ2) is 12.2. The second-order valence-corrected chi connectivity index (χ2v) is 18.2. The van der Waals surface area contributed by atoms with Crippen LogP contribution in [-0.2, 0) is 0 Å². The molecule has 10 aromatic carbocycles. The standard InChI is InChI=1S/C56H32N2S2/c1-3-11-35-29-39(21-17-33(35)9-1)57-45-23-19-37(31-43(45)53-47(57)25-27-51-55(53)41-13-5-7-15-49(41)59-51)38-20-24-46-44(32-38)54-48(26-28-52-56(54)42-14-6-8-16-50(42)60-52)58(46)40-22-18-34-10-2-4-12-36(34)30-40/h1-32H. The van der Waals surface area contributed by atoms with Gasteiger partial charge >= 0.3 is 0 Å². The van der Waals surface area contributed by atoms with E-state index >= 15 is 0 Å². The molecule has 0 atom stereocenters. The van der Waals surface area contributed by atoms with E-state index in [-0.39, 0.29) is 0 Å². The van der Waals surface area contributed by atoms with Crippen LogP contribution < -0.4 is 0 Å². The fourth-order valence-corrected chi connectivity index (χ4v) is 12.4. The molecule has 0 aliphatic rings. The number of aromatic nitrogens is 2. The van der Waals surface area contributed by atoms with Gasteiger partial charge in [0.25, 0.3) is 0 Å². The molecule has 60 heavy (non-hydrogen) atoms. The predicted molar refractivity (Wildman–Crippen MR) is 261 cm³/mol. The minimum atomic E-state index is 1.18. The maximum Gasteiger partial charge on any atom is 0.0548 e. The van der Waals surface area contributed by atoms with Crippen LogP contribution in [0.15, 0.2) is 194 Å². The molecular formula is C56H32N2S2. The lowest BCUT2D eigenvalue weighted by Gasteiger charge is -2.11. The van der Waals surface area contributed by atoms with Crippen LogP contribution in [0.1, 0.15) is 0 Å². The van der Waals surface area contributed by atoms with E-state index in [0.29, 0.717) is 0 Å². The summed E-state index contributed by atoms with van der Waals surface area (Å²) < 4.78 is 10.2. The van der Waals surface area contributed by atoms with Gasteiger partial charge in [0.15, 0.2) is 0 Å². The van der Waals surface area contributed by atoms with Gasteiger partial charge in [0.05, 0.1) is 22.1 Å². The van der Waals surface area contributed by atoms with Crippen LogP contribution in [0.5, 0.6) is 0 Å². The fourth-order valence-electron chi connectivity index (χ4n) is 10.2. The minimum absolute atomic E-state index is 1.18. The van der Waals surface area contributed by atoms with Crippen molar-refractivity contribution in [2.24, 2.45) is 0 Å². The molecule has 0 saturated carbocycles. The van der Waals surface area contributed by atoms with Gasteiger partial charge in [-0.15, -0.1) is 22.7 Å². The van der Waals surface area contributed by atoms with Crippen molar-refractivity contribution < 1.29 is 0 Å². The Labute approximate surface area is 352 Å². The first-order valence-corrected chi connectivity index (χ1v) is 22.1. The average Bonchev–Trinajstić information content (AvgIpc) is 4.05. The molecule has 0 aliphatic heterocycles. The summed E-state index contributed by atoms with van der Waals surface area (Å²) in [5.74, 6) is 0. The summed E-state index contributed by atoms with van der Waals surface area (Å²) >= 11 is 3.78. The van der Waals surface area contributed by atoms with Crippen LogP contribution in [0, 0.1) is 0 Å². The Morgan fingerprint density at radius 1 is 0.267 bits per heavy atom. The molecule has 0 aliphatic carbocycles. The second-order valence-electron chi connectivity index (χ2n) is 16.1. The molecule has 0 saturated heterocycles. The predicted octanol–water partition coefficient (Wildman–Crippen LogP) is 16.6. The summed E-state index contributed by atoms with van der Waals surface area (Å²) in [6, 6.07) is 72.5. The molecule has 4 heterocycles. The molecule has 0 unspecified atom stereocenters. The van der Waals surface area contributed by atoms with Gasteiger partial charge in [0.2, 0.25) is 0 Å². The third kappa shape index (κ3) is 4.52.